The number of amides is 2. The summed E-state index contributed by atoms with van der Waals surface area (Å²) in [5, 5.41) is 5.37. The highest BCUT2D eigenvalue weighted by atomic mass is 32.1. The molecule has 0 saturated carbocycles. The van der Waals surface area contributed by atoms with Crippen LogP contribution in [0.5, 0.6) is 0 Å². The van der Waals surface area contributed by atoms with Gasteiger partial charge >= 0.3 is 0 Å². The van der Waals surface area contributed by atoms with Crippen molar-refractivity contribution < 1.29 is 9.59 Å². The van der Waals surface area contributed by atoms with Crippen LogP contribution in [-0.4, -0.2) is 42.0 Å². The smallest absolute Gasteiger partial charge is 0.245 e. The van der Waals surface area contributed by atoms with E-state index in [1.165, 1.54) is 4.90 Å². The second-order valence-electron chi connectivity index (χ2n) is 3.05. The first-order valence-electron chi connectivity index (χ1n) is 4.43. The van der Waals surface area contributed by atoms with E-state index in [1.54, 1.807) is 7.05 Å². The molecular formula is C8H13N3O2S. The van der Waals surface area contributed by atoms with Gasteiger partial charge in [-0.15, -0.1) is 0 Å². The SMILES string of the molecule is CNC(=S)NC(=O)CN1CCCC1=O. The summed E-state index contributed by atoms with van der Waals surface area (Å²) < 4.78 is 0. The number of nitrogens with one attached hydrogen (secondary N) is 2. The van der Waals surface area contributed by atoms with Crippen LogP contribution >= 0.6 is 12.2 Å². The summed E-state index contributed by atoms with van der Waals surface area (Å²) in [6.07, 6.45) is 1.38. The van der Waals surface area contributed by atoms with Gasteiger partial charge in [0, 0.05) is 20.0 Å². The second kappa shape index (κ2) is 4.90. The van der Waals surface area contributed by atoms with Gasteiger partial charge in [-0.1, -0.05) is 0 Å². The number of thiocarbonyl (C=S) groups is 1. The van der Waals surface area contributed by atoms with Crippen LogP contribution in [-0.2, 0) is 9.59 Å². The Labute approximate surface area is 87.8 Å². The molecule has 2 amide bonds. The highest BCUT2D eigenvalue weighted by Gasteiger charge is 2.22. The lowest BCUT2D eigenvalue weighted by molar-refractivity contribution is -0.132. The van der Waals surface area contributed by atoms with Crippen LogP contribution in [0.2, 0.25) is 0 Å². The standard InChI is InChI=1S/C8H13N3O2S/c1-9-8(14)10-6(12)5-11-4-2-3-7(11)13/h2-5H2,1H3,(H2,9,10,12,14). The molecule has 78 valence electrons. The lowest BCUT2D eigenvalue weighted by atomic mass is 10.4. The summed E-state index contributed by atoms with van der Waals surface area (Å²) in [4.78, 5) is 24.0. The number of carbonyl (C=O) groups is 2. The molecule has 5 nitrogen and oxygen atoms in total. The monoisotopic (exact) mass is 215 g/mol. The largest absolute Gasteiger partial charge is 0.365 e. The van der Waals surface area contributed by atoms with Gasteiger partial charge in [-0.3, -0.25) is 9.59 Å². The van der Waals surface area contributed by atoms with Gasteiger partial charge < -0.3 is 15.5 Å². The van der Waals surface area contributed by atoms with E-state index < -0.39 is 0 Å². The van der Waals surface area contributed by atoms with Crippen LogP contribution in [0.25, 0.3) is 0 Å². The average molecular weight is 215 g/mol. The number of likely N-dealkylation sites (tertiary alicyclic amines) is 1. The third-order valence-electron chi connectivity index (χ3n) is 1.99. The summed E-state index contributed by atoms with van der Waals surface area (Å²) in [6, 6.07) is 0. The first-order chi connectivity index (χ1) is 6.63. The highest BCUT2D eigenvalue weighted by molar-refractivity contribution is 7.80. The zero-order chi connectivity index (χ0) is 10.6. The molecule has 6 heteroatoms. The quantitative estimate of drug-likeness (QED) is 0.594. The molecule has 1 aliphatic heterocycles. The van der Waals surface area contributed by atoms with Crippen molar-refractivity contribution in [1.29, 1.82) is 0 Å². The Balaban J connectivity index is 2.33. The van der Waals surface area contributed by atoms with Gasteiger partial charge in [0.15, 0.2) is 5.11 Å². The molecule has 0 aromatic rings. The average Bonchev–Trinajstić information content (AvgIpc) is 2.51. The van der Waals surface area contributed by atoms with Gasteiger partial charge in [-0.05, 0) is 18.6 Å². The maximum absolute atomic E-state index is 11.3. The maximum atomic E-state index is 11.3. The first-order valence-corrected chi connectivity index (χ1v) is 4.83. The van der Waals surface area contributed by atoms with Crippen molar-refractivity contribution in [3.8, 4) is 0 Å². The van der Waals surface area contributed by atoms with Crippen molar-refractivity contribution in [3.05, 3.63) is 0 Å². The zero-order valence-corrected chi connectivity index (χ0v) is 8.82. The number of hydrogen-bond acceptors (Lipinski definition) is 3. The van der Waals surface area contributed by atoms with Crippen molar-refractivity contribution >= 4 is 29.1 Å². The van der Waals surface area contributed by atoms with Crippen LogP contribution in [0.1, 0.15) is 12.8 Å². The van der Waals surface area contributed by atoms with E-state index in [0.29, 0.717) is 13.0 Å². The van der Waals surface area contributed by atoms with E-state index in [2.05, 4.69) is 10.6 Å². The number of hydrogen-bond donors (Lipinski definition) is 2. The fraction of sp³-hybridized carbons (Fsp3) is 0.625. The normalized spacial score (nSPS) is 15.5. The van der Waals surface area contributed by atoms with Gasteiger partial charge in [-0.25, -0.2) is 0 Å². The Morgan fingerprint density at radius 2 is 2.36 bits per heavy atom. The summed E-state index contributed by atoms with van der Waals surface area (Å²) in [5.74, 6) is -0.213. The molecule has 1 aliphatic rings. The topological polar surface area (TPSA) is 61.4 Å². The van der Waals surface area contributed by atoms with Gasteiger partial charge in [0.05, 0.1) is 6.54 Å². The van der Waals surface area contributed by atoms with Crippen LogP contribution < -0.4 is 10.6 Å². The molecule has 1 fully saturated rings. The first kappa shape index (κ1) is 10.9. The van der Waals surface area contributed by atoms with E-state index >= 15 is 0 Å². The fourth-order valence-corrected chi connectivity index (χ4v) is 1.39. The molecule has 0 aliphatic carbocycles. The van der Waals surface area contributed by atoms with Crippen LogP contribution in [0, 0.1) is 0 Å². The van der Waals surface area contributed by atoms with Crippen molar-refractivity contribution in [2.24, 2.45) is 0 Å². The molecule has 0 aromatic heterocycles. The van der Waals surface area contributed by atoms with Crippen LogP contribution in [0.15, 0.2) is 0 Å². The minimum absolute atomic E-state index is 0.0375. The zero-order valence-electron chi connectivity index (χ0n) is 8.00. The molecule has 14 heavy (non-hydrogen) atoms. The Morgan fingerprint density at radius 1 is 1.64 bits per heavy atom. The Kier molecular flexibility index (Phi) is 3.82. The van der Waals surface area contributed by atoms with Gasteiger partial charge in [-0.2, -0.15) is 0 Å². The minimum Gasteiger partial charge on any atom is -0.365 e. The number of nitrogens with zero attached hydrogens (tertiary/aromatic N) is 1. The molecule has 0 spiro atoms. The van der Waals surface area contributed by atoms with Crippen LogP contribution in [0.3, 0.4) is 0 Å². The number of rotatable bonds is 2. The second-order valence-corrected chi connectivity index (χ2v) is 3.45. The summed E-state index contributed by atoms with van der Waals surface area (Å²) in [6.45, 7) is 0.763. The Morgan fingerprint density at radius 3 is 2.86 bits per heavy atom. The third kappa shape index (κ3) is 2.95. The molecule has 1 saturated heterocycles. The number of carbonyl (C=O) groups excluding carboxylic acids is 2. The molecule has 0 radical (unpaired) electrons. The van der Waals surface area contributed by atoms with E-state index in [0.717, 1.165) is 6.42 Å². The summed E-state index contributed by atoms with van der Waals surface area (Å²) in [7, 11) is 1.63. The molecule has 0 aromatic carbocycles. The van der Waals surface area contributed by atoms with E-state index in [4.69, 9.17) is 12.2 Å². The van der Waals surface area contributed by atoms with Gasteiger partial charge in [0.25, 0.3) is 0 Å². The van der Waals surface area contributed by atoms with Gasteiger partial charge in [0.1, 0.15) is 0 Å². The predicted molar refractivity (Wildman–Crippen MR) is 55.6 cm³/mol. The van der Waals surface area contributed by atoms with E-state index in [9.17, 15) is 9.59 Å². The van der Waals surface area contributed by atoms with Crippen LogP contribution in [0.4, 0.5) is 0 Å². The summed E-state index contributed by atoms with van der Waals surface area (Å²) >= 11 is 4.76. The lowest BCUT2D eigenvalue weighted by Crippen LogP contribution is -2.43. The fourth-order valence-electron chi connectivity index (χ4n) is 1.27. The van der Waals surface area contributed by atoms with Crippen molar-refractivity contribution in [1.82, 2.24) is 15.5 Å². The molecule has 1 heterocycles. The maximum Gasteiger partial charge on any atom is 0.245 e. The molecule has 2 N–H and O–H groups in total. The molecule has 0 atom stereocenters. The Bertz CT molecular complexity index is 267. The van der Waals surface area contributed by atoms with E-state index in [1.807, 2.05) is 0 Å². The van der Waals surface area contributed by atoms with Crippen molar-refractivity contribution in [2.45, 2.75) is 12.8 Å². The third-order valence-corrected chi connectivity index (χ3v) is 2.29. The van der Waals surface area contributed by atoms with Crippen molar-refractivity contribution in [2.75, 3.05) is 20.1 Å². The van der Waals surface area contributed by atoms with Gasteiger partial charge in [0.2, 0.25) is 11.8 Å². The molecular weight excluding hydrogens is 202 g/mol. The molecule has 0 bridgehead atoms. The Hall–Kier alpha value is -1.17. The van der Waals surface area contributed by atoms with Crippen molar-refractivity contribution in [3.63, 3.8) is 0 Å². The highest BCUT2D eigenvalue weighted by Crippen LogP contribution is 2.08. The molecule has 1 rings (SSSR count). The summed E-state index contributed by atoms with van der Waals surface area (Å²) in [5.41, 5.74) is 0. The van der Waals surface area contributed by atoms with E-state index in [-0.39, 0.29) is 23.5 Å². The minimum atomic E-state index is -0.250. The molecule has 0 unspecified atom stereocenters. The lowest BCUT2D eigenvalue weighted by Gasteiger charge is -2.14. The predicted octanol–water partition coefficient (Wildman–Crippen LogP) is -0.771.